The van der Waals surface area contributed by atoms with Crippen LogP contribution in [0.3, 0.4) is 0 Å². The molecule has 0 aromatic heterocycles. The molecule has 1 unspecified atom stereocenters. The summed E-state index contributed by atoms with van der Waals surface area (Å²) >= 11 is 0. The highest BCUT2D eigenvalue weighted by Crippen LogP contribution is 2.34. The van der Waals surface area contributed by atoms with Crippen molar-refractivity contribution in [2.75, 3.05) is 7.05 Å². The second-order valence-electron chi connectivity index (χ2n) is 5.36. The van der Waals surface area contributed by atoms with Gasteiger partial charge in [-0.3, -0.25) is 4.79 Å². The van der Waals surface area contributed by atoms with Gasteiger partial charge in [0.1, 0.15) is 5.60 Å². The van der Waals surface area contributed by atoms with Crippen molar-refractivity contribution in [1.29, 1.82) is 0 Å². The molecule has 1 fully saturated rings. The van der Waals surface area contributed by atoms with E-state index in [4.69, 9.17) is 4.74 Å². The Morgan fingerprint density at radius 2 is 2.07 bits per heavy atom. The van der Waals surface area contributed by atoms with Gasteiger partial charge in [-0.15, -0.1) is 0 Å². The Kier molecular flexibility index (Phi) is 4.14. The van der Waals surface area contributed by atoms with E-state index < -0.39 is 0 Å². The number of nitrogens with one attached hydrogen (secondary N) is 1. The minimum atomic E-state index is -0.355. The maximum atomic E-state index is 11.5. The molecule has 15 heavy (non-hydrogen) atoms. The van der Waals surface area contributed by atoms with Crippen LogP contribution in [0.25, 0.3) is 0 Å². The van der Waals surface area contributed by atoms with Crippen LogP contribution >= 0.6 is 0 Å². The van der Waals surface area contributed by atoms with Gasteiger partial charge in [0, 0.05) is 12.5 Å². The molecule has 1 saturated carbocycles. The van der Waals surface area contributed by atoms with Crippen molar-refractivity contribution in [1.82, 2.24) is 5.32 Å². The lowest BCUT2D eigenvalue weighted by atomic mass is 10.1. The second-order valence-corrected chi connectivity index (χ2v) is 5.36. The van der Waals surface area contributed by atoms with Gasteiger partial charge in [0.2, 0.25) is 0 Å². The molecule has 0 spiro atoms. The molecule has 0 amide bonds. The predicted molar refractivity (Wildman–Crippen MR) is 60.7 cm³/mol. The minimum absolute atomic E-state index is 0.0802. The molecule has 0 saturated heterocycles. The molecule has 0 bridgehead atoms. The van der Waals surface area contributed by atoms with Crippen molar-refractivity contribution < 1.29 is 9.53 Å². The molecule has 0 aliphatic heterocycles. The molecule has 88 valence electrons. The molecule has 3 heteroatoms. The lowest BCUT2D eigenvalue weighted by Gasteiger charge is -2.20. The molecule has 1 rings (SSSR count). The molecule has 3 nitrogen and oxygen atoms in total. The summed E-state index contributed by atoms with van der Waals surface area (Å²) in [6, 6.07) is 0.498. The van der Waals surface area contributed by atoms with Gasteiger partial charge in [-0.25, -0.2) is 0 Å². The van der Waals surface area contributed by atoms with Gasteiger partial charge in [0.05, 0.1) is 0 Å². The summed E-state index contributed by atoms with van der Waals surface area (Å²) in [6.07, 6.45) is 4.04. The fourth-order valence-corrected chi connectivity index (χ4v) is 1.78. The molecule has 1 aliphatic rings. The van der Waals surface area contributed by atoms with E-state index in [2.05, 4.69) is 5.32 Å². The van der Waals surface area contributed by atoms with E-state index in [1.54, 1.807) is 0 Å². The van der Waals surface area contributed by atoms with Gasteiger partial charge in [-0.1, -0.05) is 0 Å². The normalized spacial score (nSPS) is 18.7. The van der Waals surface area contributed by atoms with E-state index in [1.165, 1.54) is 12.8 Å². The third-order valence-corrected chi connectivity index (χ3v) is 2.64. The Morgan fingerprint density at radius 3 is 2.47 bits per heavy atom. The number of hydrogen-bond acceptors (Lipinski definition) is 3. The van der Waals surface area contributed by atoms with E-state index in [9.17, 15) is 4.79 Å². The fraction of sp³-hybridized carbons (Fsp3) is 0.917. The largest absolute Gasteiger partial charge is 0.460 e. The van der Waals surface area contributed by atoms with Gasteiger partial charge in [0.15, 0.2) is 0 Å². The zero-order valence-corrected chi connectivity index (χ0v) is 10.3. The highest BCUT2D eigenvalue weighted by molar-refractivity contribution is 5.69. The summed E-state index contributed by atoms with van der Waals surface area (Å²) < 4.78 is 5.27. The van der Waals surface area contributed by atoms with E-state index in [0.29, 0.717) is 12.5 Å². The van der Waals surface area contributed by atoms with Crippen LogP contribution in [0.4, 0.5) is 0 Å². The number of carbonyl (C=O) groups is 1. The molecule has 0 heterocycles. The highest BCUT2D eigenvalue weighted by Gasteiger charge is 2.30. The van der Waals surface area contributed by atoms with Crippen LogP contribution in [0.5, 0.6) is 0 Å². The van der Waals surface area contributed by atoms with E-state index in [0.717, 1.165) is 12.3 Å². The van der Waals surface area contributed by atoms with Crippen molar-refractivity contribution >= 4 is 5.97 Å². The number of ether oxygens (including phenoxy) is 1. The summed E-state index contributed by atoms with van der Waals surface area (Å²) in [6.45, 7) is 5.71. The van der Waals surface area contributed by atoms with Crippen LogP contribution in [0.2, 0.25) is 0 Å². The van der Waals surface area contributed by atoms with Crippen LogP contribution in [0.1, 0.15) is 46.5 Å². The third-order valence-electron chi connectivity index (χ3n) is 2.64. The van der Waals surface area contributed by atoms with Crippen molar-refractivity contribution in [3.8, 4) is 0 Å². The first-order valence-electron chi connectivity index (χ1n) is 5.81. The lowest BCUT2D eigenvalue weighted by molar-refractivity contribution is -0.155. The average Bonchev–Trinajstić information content (AvgIpc) is 2.85. The van der Waals surface area contributed by atoms with Crippen molar-refractivity contribution in [2.45, 2.75) is 58.1 Å². The number of esters is 1. The van der Waals surface area contributed by atoms with Crippen LogP contribution in [0, 0.1) is 5.92 Å². The molecular weight excluding hydrogens is 190 g/mol. The smallest absolute Gasteiger partial charge is 0.306 e. The predicted octanol–water partition coefficient (Wildman–Crippen LogP) is 2.11. The van der Waals surface area contributed by atoms with Gasteiger partial charge >= 0.3 is 5.97 Å². The van der Waals surface area contributed by atoms with Crippen LogP contribution in [-0.4, -0.2) is 24.7 Å². The SMILES string of the molecule is CNC(CCC(=O)OC(C)(C)C)C1CC1. The number of carbonyl (C=O) groups excluding carboxylic acids is 1. The van der Waals surface area contributed by atoms with Crippen LogP contribution < -0.4 is 5.32 Å². The first-order valence-corrected chi connectivity index (χ1v) is 5.81. The summed E-state index contributed by atoms with van der Waals surface area (Å²) in [4.78, 5) is 11.5. The zero-order chi connectivity index (χ0) is 11.5. The van der Waals surface area contributed by atoms with Crippen molar-refractivity contribution in [2.24, 2.45) is 5.92 Å². The van der Waals surface area contributed by atoms with Gasteiger partial charge in [-0.2, -0.15) is 0 Å². The van der Waals surface area contributed by atoms with Crippen molar-refractivity contribution in [3.05, 3.63) is 0 Å². The summed E-state index contributed by atoms with van der Waals surface area (Å²) in [7, 11) is 1.97. The van der Waals surface area contributed by atoms with Gasteiger partial charge in [0.25, 0.3) is 0 Å². The Hall–Kier alpha value is -0.570. The number of hydrogen-bond donors (Lipinski definition) is 1. The highest BCUT2D eigenvalue weighted by atomic mass is 16.6. The second kappa shape index (κ2) is 4.97. The van der Waals surface area contributed by atoms with E-state index >= 15 is 0 Å². The molecule has 0 radical (unpaired) electrons. The van der Waals surface area contributed by atoms with E-state index in [-0.39, 0.29) is 11.6 Å². The molecule has 0 aromatic carbocycles. The number of rotatable bonds is 5. The quantitative estimate of drug-likeness (QED) is 0.711. The Morgan fingerprint density at radius 1 is 1.47 bits per heavy atom. The lowest BCUT2D eigenvalue weighted by Crippen LogP contribution is -2.30. The zero-order valence-electron chi connectivity index (χ0n) is 10.3. The average molecular weight is 213 g/mol. The summed E-state index contributed by atoms with van der Waals surface area (Å²) in [5.74, 6) is 0.709. The van der Waals surface area contributed by atoms with Crippen LogP contribution in [-0.2, 0) is 9.53 Å². The molecule has 1 atom stereocenters. The topological polar surface area (TPSA) is 38.3 Å². The van der Waals surface area contributed by atoms with Crippen LogP contribution in [0.15, 0.2) is 0 Å². The van der Waals surface area contributed by atoms with Crippen molar-refractivity contribution in [3.63, 3.8) is 0 Å². The molecule has 1 aliphatic carbocycles. The molecular formula is C12H23NO2. The maximum absolute atomic E-state index is 11.5. The summed E-state index contributed by atoms with van der Waals surface area (Å²) in [5, 5.41) is 3.27. The Labute approximate surface area is 92.6 Å². The Bertz CT molecular complexity index is 216. The Balaban J connectivity index is 2.20. The van der Waals surface area contributed by atoms with Gasteiger partial charge in [-0.05, 0) is 53.0 Å². The van der Waals surface area contributed by atoms with E-state index in [1.807, 2.05) is 27.8 Å². The maximum Gasteiger partial charge on any atom is 0.306 e. The third kappa shape index (κ3) is 5.17. The molecule has 0 aromatic rings. The molecule has 1 N–H and O–H groups in total. The first kappa shape index (κ1) is 12.5. The standard InChI is InChI=1S/C12H23NO2/c1-12(2,3)15-11(14)8-7-10(13-4)9-5-6-9/h9-10,13H,5-8H2,1-4H3. The fourth-order valence-electron chi connectivity index (χ4n) is 1.78. The monoisotopic (exact) mass is 213 g/mol. The minimum Gasteiger partial charge on any atom is -0.460 e. The first-order chi connectivity index (χ1) is 6.92. The van der Waals surface area contributed by atoms with Gasteiger partial charge < -0.3 is 10.1 Å². The summed E-state index contributed by atoms with van der Waals surface area (Å²) in [5.41, 5.74) is -0.355.